The molecule has 0 bridgehead atoms. The molecule has 2 unspecified atom stereocenters. The number of carboxylic acid groups (broad SMARTS) is 1. The quantitative estimate of drug-likeness (QED) is 0.723. The van der Waals surface area contributed by atoms with Crippen molar-refractivity contribution in [2.24, 2.45) is 11.8 Å². The zero-order valence-corrected chi connectivity index (χ0v) is 14.4. The van der Waals surface area contributed by atoms with Gasteiger partial charge in [0.05, 0.1) is 5.92 Å². The Morgan fingerprint density at radius 1 is 1.20 bits per heavy atom. The fourth-order valence-electron chi connectivity index (χ4n) is 3.09. The van der Waals surface area contributed by atoms with Crippen molar-refractivity contribution >= 4 is 17.9 Å². The van der Waals surface area contributed by atoms with Crippen molar-refractivity contribution < 1.29 is 19.5 Å². The summed E-state index contributed by atoms with van der Waals surface area (Å²) < 4.78 is 0. The van der Waals surface area contributed by atoms with Gasteiger partial charge in [0, 0.05) is 32.6 Å². The van der Waals surface area contributed by atoms with Gasteiger partial charge < -0.3 is 15.3 Å². The van der Waals surface area contributed by atoms with E-state index in [4.69, 9.17) is 5.11 Å². The van der Waals surface area contributed by atoms with Gasteiger partial charge in [0.15, 0.2) is 0 Å². The molecule has 0 saturated carbocycles. The highest BCUT2D eigenvalue weighted by Gasteiger charge is 2.29. The van der Waals surface area contributed by atoms with Crippen LogP contribution >= 0.6 is 0 Å². The maximum atomic E-state index is 11.9. The first-order valence-corrected chi connectivity index (χ1v) is 8.51. The molecule has 2 atom stereocenters. The zero-order chi connectivity index (χ0) is 18.2. The monoisotopic (exact) mass is 347 g/mol. The number of carboxylic acids is 1. The number of hydrogen-bond acceptors (Lipinski definition) is 4. The van der Waals surface area contributed by atoms with Gasteiger partial charge in [-0.25, -0.2) is 4.79 Å². The van der Waals surface area contributed by atoms with E-state index >= 15 is 0 Å². The summed E-state index contributed by atoms with van der Waals surface area (Å²) in [6, 6.07) is 8.90. The summed E-state index contributed by atoms with van der Waals surface area (Å²) in [7, 11) is 0. The van der Waals surface area contributed by atoms with Crippen LogP contribution in [0.15, 0.2) is 30.3 Å². The predicted octanol–water partition coefficient (Wildman–Crippen LogP) is 1.45. The van der Waals surface area contributed by atoms with Crippen LogP contribution in [0, 0.1) is 11.8 Å². The lowest BCUT2D eigenvalue weighted by atomic mass is 9.90. The highest BCUT2D eigenvalue weighted by molar-refractivity contribution is 5.94. The minimum atomic E-state index is -0.790. The van der Waals surface area contributed by atoms with E-state index in [-0.39, 0.29) is 24.2 Å². The summed E-state index contributed by atoms with van der Waals surface area (Å²) in [5, 5.41) is 14.1. The van der Waals surface area contributed by atoms with Gasteiger partial charge in [-0.1, -0.05) is 37.3 Å². The Balaban J connectivity index is 1.69. The van der Waals surface area contributed by atoms with Crippen molar-refractivity contribution in [2.75, 3.05) is 19.6 Å². The molecule has 7 heteroatoms. The number of likely N-dealkylation sites (tertiary alicyclic amines) is 1. The van der Waals surface area contributed by atoms with Gasteiger partial charge in [0.2, 0.25) is 5.91 Å². The Kier molecular flexibility index (Phi) is 6.94. The van der Waals surface area contributed by atoms with Crippen LogP contribution in [0.1, 0.15) is 25.3 Å². The van der Waals surface area contributed by atoms with E-state index in [2.05, 4.69) is 10.6 Å². The Morgan fingerprint density at radius 2 is 1.92 bits per heavy atom. The van der Waals surface area contributed by atoms with Crippen molar-refractivity contribution in [3.63, 3.8) is 0 Å². The first kappa shape index (κ1) is 18.9. The molecule has 7 nitrogen and oxygen atoms in total. The molecule has 25 heavy (non-hydrogen) atoms. The van der Waals surface area contributed by atoms with Crippen molar-refractivity contribution in [1.82, 2.24) is 15.5 Å². The fraction of sp³-hybridized carbons (Fsp3) is 0.500. The lowest BCUT2D eigenvalue weighted by molar-refractivity contribution is -0.144. The average molecular weight is 347 g/mol. The molecule has 136 valence electrons. The Morgan fingerprint density at radius 3 is 2.60 bits per heavy atom. The molecule has 3 N–H and O–H groups in total. The lowest BCUT2D eigenvalue weighted by Crippen LogP contribution is -2.45. The van der Waals surface area contributed by atoms with Crippen molar-refractivity contribution in [3.05, 3.63) is 35.9 Å². The first-order valence-electron chi connectivity index (χ1n) is 8.51. The second kappa shape index (κ2) is 9.17. The number of rotatable bonds is 6. The van der Waals surface area contributed by atoms with Gasteiger partial charge >= 0.3 is 12.0 Å². The van der Waals surface area contributed by atoms with Crippen LogP contribution in [-0.4, -0.2) is 47.5 Å². The smallest absolute Gasteiger partial charge is 0.321 e. The standard InChI is InChI=1S/C18H25N3O4/c1-13-9-15(17(23)24)12-21(11-13)8-7-16(22)20-18(25)19-10-14-5-3-2-4-6-14/h2-6,13,15H,7-12H2,1H3,(H,23,24)(H2,19,20,22,25). The number of hydrogen-bond donors (Lipinski definition) is 3. The molecule has 1 aliphatic rings. The number of imide groups is 1. The average Bonchev–Trinajstić information content (AvgIpc) is 2.58. The predicted molar refractivity (Wildman–Crippen MR) is 92.8 cm³/mol. The van der Waals surface area contributed by atoms with Crippen LogP contribution in [0.3, 0.4) is 0 Å². The summed E-state index contributed by atoms with van der Waals surface area (Å²) in [6.07, 6.45) is 0.831. The number of benzene rings is 1. The number of amides is 3. The maximum absolute atomic E-state index is 11.9. The number of nitrogens with one attached hydrogen (secondary N) is 2. The topological polar surface area (TPSA) is 98.7 Å². The minimum absolute atomic E-state index is 0.165. The zero-order valence-electron chi connectivity index (χ0n) is 14.4. The van der Waals surface area contributed by atoms with Gasteiger partial charge in [0.25, 0.3) is 0 Å². The van der Waals surface area contributed by atoms with E-state index in [1.807, 2.05) is 42.2 Å². The number of urea groups is 1. The van der Waals surface area contributed by atoms with Crippen molar-refractivity contribution in [3.8, 4) is 0 Å². The number of piperidine rings is 1. The van der Waals surface area contributed by atoms with Gasteiger partial charge in [-0.15, -0.1) is 0 Å². The molecule has 1 fully saturated rings. The third-order valence-corrected chi connectivity index (χ3v) is 4.29. The van der Waals surface area contributed by atoms with Crippen LogP contribution in [-0.2, 0) is 16.1 Å². The first-order chi connectivity index (χ1) is 11.9. The second-order valence-electron chi connectivity index (χ2n) is 6.60. The molecule has 1 aromatic rings. The largest absolute Gasteiger partial charge is 0.481 e. The fourth-order valence-corrected chi connectivity index (χ4v) is 3.09. The SMILES string of the molecule is CC1CC(C(=O)O)CN(CCC(=O)NC(=O)NCc2ccccc2)C1. The van der Waals surface area contributed by atoms with E-state index in [0.717, 1.165) is 12.1 Å². The molecular weight excluding hydrogens is 322 g/mol. The van der Waals surface area contributed by atoms with E-state index in [1.165, 1.54) is 0 Å². The second-order valence-corrected chi connectivity index (χ2v) is 6.60. The molecule has 1 aromatic carbocycles. The van der Waals surface area contributed by atoms with E-state index in [0.29, 0.717) is 26.1 Å². The molecule has 2 rings (SSSR count). The van der Waals surface area contributed by atoms with E-state index in [1.54, 1.807) is 0 Å². The third-order valence-electron chi connectivity index (χ3n) is 4.29. The molecule has 1 saturated heterocycles. The van der Waals surface area contributed by atoms with Crippen molar-refractivity contribution in [2.45, 2.75) is 26.3 Å². The van der Waals surface area contributed by atoms with Crippen LogP contribution in [0.25, 0.3) is 0 Å². The summed E-state index contributed by atoms with van der Waals surface area (Å²) in [5.41, 5.74) is 0.951. The molecule has 3 amide bonds. The third kappa shape index (κ3) is 6.54. The van der Waals surface area contributed by atoms with Gasteiger partial charge in [-0.2, -0.15) is 0 Å². The van der Waals surface area contributed by atoms with E-state index < -0.39 is 12.0 Å². The van der Waals surface area contributed by atoms with Crippen LogP contribution in [0.4, 0.5) is 4.79 Å². The van der Waals surface area contributed by atoms with E-state index in [9.17, 15) is 14.4 Å². The number of carbonyl (C=O) groups is 3. The Labute approximate surface area is 147 Å². The summed E-state index contributed by atoms with van der Waals surface area (Å²) >= 11 is 0. The molecule has 0 spiro atoms. The number of nitrogens with zero attached hydrogens (tertiary/aromatic N) is 1. The van der Waals surface area contributed by atoms with Gasteiger partial charge in [-0.05, 0) is 17.9 Å². The normalized spacial score (nSPS) is 20.7. The maximum Gasteiger partial charge on any atom is 0.321 e. The summed E-state index contributed by atoms with van der Waals surface area (Å²) in [4.78, 5) is 36.8. The molecule has 1 aliphatic heterocycles. The van der Waals surface area contributed by atoms with Gasteiger partial charge in [0.1, 0.15) is 0 Å². The Bertz CT molecular complexity index is 606. The summed E-state index contributed by atoms with van der Waals surface area (Å²) in [5.74, 6) is -1.26. The molecular formula is C18H25N3O4. The number of carbonyl (C=O) groups excluding carboxylic acids is 2. The van der Waals surface area contributed by atoms with Gasteiger partial charge in [-0.3, -0.25) is 14.9 Å². The van der Waals surface area contributed by atoms with Crippen LogP contribution < -0.4 is 10.6 Å². The van der Waals surface area contributed by atoms with Crippen LogP contribution in [0.2, 0.25) is 0 Å². The van der Waals surface area contributed by atoms with Crippen molar-refractivity contribution in [1.29, 1.82) is 0 Å². The Hall–Kier alpha value is -2.41. The lowest BCUT2D eigenvalue weighted by Gasteiger charge is -2.34. The minimum Gasteiger partial charge on any atom is -0.481 e. The molecule has 0 aliphatic carbocycles. The summed E-state index contributed by atoms with van der Waals surface area (Å²) in [6.45, 7) is 4.04. The highest BCUT2D eigenvalue weighted by atomic mass is 16.4. The highest BCUT2D eigenvalue weighted by Crippen LogP contribution is 2.21. The van der Waals surface area contributed by atoms with Crippen LogP contribution in [0.5, 0.6) is 0 Å². The molecule has 0 radical (unpaired) electrons. The number of aliphatic carboxylic acids is 1. The molecule has 1 heterocycles. The molecule has 0 aromatic heterocycles.